The Bertz CT molecular complexity index is 652. The molecule has 0 aliphatic carbocycles. The zero-order valence-electron chi connectivity index (χ0n) is 10.6. The first kappa shape index (κ1) is 12.7. The van der Waals surface area contributed by atoms with Crippen LogP contribution in [0, 0.1) is 0 Å². The molecule has 0 spiro atoms. The number of thioether (sulfide) groups is 1. The molecule has 0 aromatic heterocycles. The molecule has 6 nitrogen and oxygen atoms in total. The lowest BCUT2D eigenvalue weighted by molar-refractivity contribution is -0.115. The van der Waals surface area contributed by atoms with Crippen molar-refractivity contribution in [3.8, 4) is 11.5 Å². The summed E-state index contributed by atoms with van der Waals surface area (Å²) >= 11 is 1.27. The van der Waals surface area contributed by atoms with Gasteiger partial charge in [-0.2, -0.15) is 0 Å². The van der Waals surface area contributed by atoms with Crippen molar-refractivity contribution >= 4 is 35.3 Å². The molecule has 102 valence electrons. The van der Waals surface area contributed by atoms with Gasteiger partial charge in [-0.25, -0.2) is 4.99 Å². The Kier molecular flexibility index (Phi) is 3.42. The van der Waals surface area contributed by atoms with Crippen LogP contribution < -0.4 is 14.8 Å². The molecule has 0 bridgehead atoms. The highest BCUT2D eigenvalue weighted by Gasteiger charge is 2.23. The lowest BCUT2D eigenvalue weighted by atomic mass is 10.2. The zero-order chi connectivity index (χ0) is 13.9. The number of ether oxygens (including phenoxy) is 2. The Morgan fingerprint density at radius 3 is 3.05 bits per heavy atom. The van der Waals surface area contributed by atoms with E-state index in [0.717, 1.165) is 11.3 Å². The molecule has 1 aromatic rings. The molecule has 1 amide bonds. The van der Waals surface area contributed by atoms with Crippen LogP contribution in [0.3, 0.4) is 0 Å². The molecule has 0 unspecified atom stereocenters. The zero-order valence-corrected chi connectivity index (χ0v) is 11.4. The average Bonchev–Trinajstić information content (AvgIpc) is 3.03. The van der Waals surface area contributed by atoms with Gasteiger partial charge in [0.05, 0.1) is 4.91 Å². The molecule has 1 aromatic carbocycles. The summed E-state index contributed by atoms with van der Waals surface area (Å²) < 4.78 is 10.5. The summed E-state index contributed by atoms with van der Waals surface area (Å²) in [6.07, 6.45) is 3.18. The SMILES string of the molecule is CN=CN=C1NC(=O)/C(=C/c2ccc3c(c2)OCO3)S1. The van der Waals surface area contributed by atoms with Crippen molar-refractivity contribution in [1.29, 1.82) is 0 Å². The number of amides is 1. The summed E-state index contributed by atoms with van der Waals surface area (Å²) in [6.45, 7) is 0.234. The predicted octanol–water partition coefficient (Wildman–Crippen LogP) is 1.63. The Hall–Kier alpha value is -2.28. The minimum absolute atomic E-state index is 0.170. The van der Waals surface area contributed by atoms with E-state index < -0.39 is 0 Å². The number of benzene rings is 1. The van der Waals surface area contributed by atoms with Gasteiger partial charge >= 0.3 is 0 Å². The van der Waals surface area contributed by atoms with Gasteiger partial charge in [0.2, 0.25) is 6.79 Å². The van der Waals surface area contributed by atoms with Crippen LogP contribution in [-0.4, -0.2) is 31.3 Å². The van der Waals surface area contributed by atoms with E-state index in [9.17, 15) is 4.79 Å². The fourth-order valence-electron chi connectivity index (χ4n) is 1.75. The summed E-state index contributed by atoms with van der Waals surface area (Å²) in [7, 11) is 1.62. The van der Waals surface area contributed by atoms with E-state index in [4.69, 9.17) is 9.47 Å². The second kappa shape index (κ2) is 5.38. The molecule has 2 aliphatic rings. The number of carbonyl (C=O) groups excluding carboxylic acids is 1. The van der Waals surface area contributed by atoms with Gasteiger partial charge in [0.15, 0.2) is 16.7 Å². The first-order valence-electron chi connectivity index (χ1n) is 5.85. The maximum Gasteiger partial charge on any atom is 0.264 e. The van der Waals surface area contributed by atoms with Gasteiger partial charge in [0.1, 0.15) is 6.34 Å². The second-order valence-electron chi connectivity index (χ2n) is 3.99. The quantitative estimate of drug-likeness (QED) is 0.510. The van der Waals surface area contributed by atoms with Gasteiger partial charge in [-0.1, -0.05) is 6.07 Å². The average molecular weight is 289 g/mol. The molecular formula is C13H11N3O3S. The summed E-state index contributed by atoms with van der Waals surface area (Å²) in [4.78, 5) is 20.1. The Morgan fingerprint density at radius 1 is 1.35 bits per heavy atom. The van der Waals surface area contributed by atoms with Gasteiger partial charge in [0, 0.05) is 7.05 Å². The number of hydrogen-bond acceptors (Lipinski definition) is 5. The van der Waals surface area contributed by atoms with Gasteiger partial charge in [-0.3, -0.25) is 9.79 Å². The summed E-state index contributed by atoms with van der Waals surface area (Å²) in [5.74, 6) is 1.24. The Balaban J connectivity index is 1.84. The number of fused-ring (bicyclic) bond motifs is 1. The minimum atomic E-state index is -0.170. The number of aliphatic imine (C=N–C) groups is 2. The van der Waals surface area contributed by atoms with Gasteiger partial charge in [-0.15, -0.1) is 0 Å². The highest BCUT2D eigenvalue weighted by molar-refractivity contribution is 8.18. The van der Waals surface area contributed by atoms with Crippen molar-refractivity contribution in [2.45, 2.75) is 0 Å². The summed E-state index contributed by atoms with van der Waals surface area (Å²) in [5, 5.41) is 3.19. The Morgan fingerprint density at radius 2 is 2.20 bits per heavy atom. The number of hydrogen-bond donors (Lipinski definition) is 1. The predicted molar refractivity (Wildman–Crippen MR) is 78.1 cm³/mol. The lowest BCUT2D eigenvalue weighted by Gasteiger charge is -1.98. The lowest BCUT2D eigenvalue weighted by Crippen LogP contribution is -2.19. The largest absolute Gasteiger partial charge is 0.454 e. The monoisotopic (exact) mass is 289 g/mol. The molecule has 0 radical (unpaired) electrons. The highest BCUT2D eigenvalue weighted by atomic mass is 32.2. The van der Waals surface area contributed by atoms with Crippen molar-refractivity contribution in [2.75, 3.05) is 13.8 Å². The van der Waals surface area contributed by atoms with Gasteiger partial charge in [0.25, 0.3) is 5.91 Å². The molecule has 0 saturated carbocycles. The molecule has 3 rings (SSSR count). The van der Waals surface area contributed by atoms with Crippen molar-refractivity contribution in [2.24, 2.45) is 9.98 Å². The van der Waals surface area contributed by atoms with E-state index in [2.05, 4.69) is 15.3 Å². The molecule has 2 aliphatic heterocycles. The molecule has 7 heteroatoms. The maximum atomic E-state index is 11.8. The van der Waals surface area contributed by atoms with E-state index in [0.29, 0.717) is 15.8 Å². The molecular weight excluding hydrogens is 278 g/mol. The highest BCUT2D eigenvalue weighted by Crippen LogP contribution is 2.34. The van der Waals surface area contributed by atoms with Crippen molar-refractivity contribution in [3.63, 3.8) is 0 Å². The third kappa shape index (κ3) is 2.53. The van der Waals surface area contributed by atoms with Crippen LogP contribution >= 0.6 is 11.8 Å². The van der Waals surface area contributed by atoms with Crippen LogP contribution in [0.4, 0.5) is 0 Å². The van der Waals surface area contributed by atoms with Crippen molar-refractivity contribution in [3.05, 3.63) is 28.7 Å². The maximum absolute atomic E-state index is 11.8. The van der Waals surface area contributed by atoms with Crippen LogP contribution in [0.25, 0.3) is 6.08 Å². The standard InChI is InChI=1S/C13H11N3O3S/c1-14-6-15-13-16-12(17)11(20-13)5-8-2-3-9-10(4-8)19-7-18-9/h2-6H,7H2,1H3,(H,14,15,16,17)/b11-5-. The van der Waals surface area contributed by atoms with Gasteiger partial charge in [-0.05, 0) is 35.5 Å². The fraction of sp³-hybridized carbons (Fsp3) is 0.154. The van der Waals surface area contributed by atoms with Crippen LogP contribution in [-0.2, 0) is 4.79 Å². The number of rotatable bonds is 2. The second-order valence-corrected chi connectivity index (χ2v) is 5.02. The smallest absolute Gasteiger partial charge is 0.264 e. The van der Waals surface area contributed by atoms with E-state index in [1.165, 1.54) is 18.1 Å². The van der Waals surface area contributed by atoms with Crippen LogP contribution in [0.1, 0.15) is 5.56 Å². The third-order valence-electron chi connectivity index (χ3n) is 2.64. The normalized spacial score (nSPS) is 21.1. The summed E-state index contributed by atoms with van der Waals surface area (Å²) in [5.41, 5.74) is 0.873. The van der Waals surface area contributed by atoms with Crippen molar-refractivity contribution < 1.29 is 14.3 Å². The van der Waals surface area contributed by atoms with E-state index in [1.807, 2.05) is 18.2 Å². The third-order valence-corrected chi connectivity index (χ3v) is 3.56. The minimum Gasteiger partial charge on any atom is -0.454 e. The topological polar surface area (TPSA) is 72.3 Å². The fourth-order valence-corrected chi connectivity index (χ4v) is 2.54. The number of nitrogens with zero attached hydrogens (tertiary/aromatic N) is 2. The van der Waals surface area contributed by atoms with Gasteiger partial charge < -0.3 is 14.8 Å². The molecule has 2 heterocycles. The van der Waals surface area contributed by atoms with Crippen LogP contribution in [0.2, 0.25) is 0 Å². The molecule has 20 heavy (non-hydrogen) atoms. The van der Waals surface area contributed by atoms with Crippen LogP contribution in [0.5, 0.6) is 11.5 Å². The van der Waals surface area contributed by atoms with Crippen molar-refractivity contribution in [1.82, 2.24) is 5.32 Å². The molecule has 1 saturated heterocycles. The Labute approximate surface area is 119 Å². The molecule has 0 atom stereocenters. The summed E-state index contributed by atoms with van der Waals surface area (Å²) in [6, 6.07) is 5.54. The number of amidine groups is 1. The first-order chi connectivity index (χ1) is 9.76. The number of nitrogens with one attached hydrogen (secondary N) is 1. The first-order valence-corrected chi connectivity index (χ1v) is 6.67. The van der Waals surface area contributed by atoms with Crippen LogP contribution in [0.15, 0.2) is 33.1 Å². The number of carbonyl (C=O) groups is 1. The van der Waals surface area contributed by atoms with E-state index in [-0.39, 0.29) is 12.7 Å². The van der Waals surface area contributed by atoms with E-state index in [1.54, 1.807) is 13.1 Å². The molecule has 1 fully saturated rings. The van der Waals surface area contributed by atoms with E-state index >= 15 is 0 Å². The molecule has 1 N–H and O–H groups in total.